The smallest absolute Gasteiger partial charge is 0.435 e. The highest BCUT2D eigenvalue weighted by Gasteiger charge is 2.38. The van der Waals surface area contributed by atoms with E-state index in [9.17, 15) is 33.2 Å². The van der Waals surface area contributed by atoms with Crippen LogP contribution in [0.1, 0.15) is 37.1 Å². The number of hydrogen-bond acceptors (Lipinski definition) is 5. The van der Waals surface area contributed by atoms with E-state index in [4.69, 9.17) is 0 Å². The maximum atomic E-state index is 13.0. The van der Waals surface area contributed by atoms with Crippen molar-refractivity contribution >= 4 is 17.3 Å². The van der Waals surface area contributed by atoms with Gasteiger partial charge in [-0.15, -0.1) is 0 Å². The molecule has 11 heteroatoms. The second-order valence-electron chi connectivity index (χ2n) is 6.76. The van der Waals surface area contributed by atoms with Crippen molar-refractivity contribution in [2.45, 2.75) is 38.4 Å². The van der Waals surface area contributed by atoms with Crippen LogP contribution in [0.5, 0.6) is 5.75 Å². The van der Waals surface area contributed by atoms with Crippen LogP contribution in [0.2, 0.25) is 0 Å². The van der Waals surface area contributed by atoms with E-state index in [1.165, 1.54) is 17.7 Å². The van der Waals surface area contributed by atoms with Gasteiger partial charge in [0.25, 0.3) is 5.69 Å². The van der Waals surface area contributed by atoms with Gasteiger partial charge in [-0.3, -0.25) is 19.6 Å². The van der Waals surface area contributed by atoms with Crippen LogP contribution in [-0.2, 0) is 17.5 Å². The Morgan fingerprint density at radius 2 is 2.11 bits per heavy atom. The maximum absolute atomic E-state index is 13.0. The van der Waals surface area contributed by atoms with Crippen molar-refractivity contribution in [3.8, 4) is 5.75 Å². The van der Waals surface area contributed by atoms with Crippen molar-refractivity contribution in [1.29, 1.82) is 0 Å². The molecule has 1 saturated carbocycles. The molecule has 1 aliphatic rings. The summed E-state index contributed by atoms with van der Waals surface area (Å²) in [5.74, 6) is -1.78. The number of nitrogens with one attached hydrogen (secondary N) is 1. The first-order valence-corrected chi connectivity index (χ1v) is 8.49. The van der Waals surface area contributed by atoms with Gasteiger partial charge >= 0.3 is 6.18 Å². The molecule has 0 radical (unpaired) electrons. The lowest BCUT2D eigenvalue weighted by Crippen LogP contribution is -2.25. The molecule has 0 spiro atoms. The molecule has 1 heterocycles. The molecule has 2 aromatic rings. The zero-order valence-electron chi connectivity index (χ0n) is 14.7. The largest absolute Gasteiger partial charge is 0.506 e. The monoisotopic (exact) mass is 398 g/mol. The number of aromatic nitrogens is 2. The van der Waals surface area contributed by atoms with Crippen LogP contribution in [0.15, 0.2) is 24.3 Å². The van der Waals surface area contributed by atoms with Gasteiger partial charge in [0.1, 0.15) is 5.75 Å². The number of aromatic hydroxyl groups is 1. The van der Waals surface area contributed by atoms with E-state index < -0.39 is 34.4 Å². The molecule has 1 aliphatic carbocycles. The number of benzene rings is 1. The highest BCUT2D eigenvalue weighted by Crippen LogP contribution is 2.42. The van der Waals surface area contributed by atoms with Gasteiger partial charge in [-0.05, 0) is 25.0 Å². The second kappa shape index (κ2) is 7.13. The fourth-order valence-corrected chi connectivity index (χ4v) is 2.76. The number of amides is 1. The third kappa shape index (κ3) is 4.24. The average molecular weight is 398 g/mol. The number of nitrogens with zero attached hydrogens (tertiary/aromatic N) is 3. The van der Waals surface area contributed by atoms with Crippen LogP contribution in [-0.4, -0.2) is 25.7 Å². The van der Waals surface area contributed by atoms with E-state index in [2.05, 4.69) is 10.4 Å². The molecule has 1 aromatic heterocycles. The van der Waals surface area contributed by atoms with Gasteiger partial charge < -0.3 is 10.4 Å². The normalized spacial score (nSPS) is 15.3. The zero-order valence-corrected chi connectivity index (χ0v) is 14.7. The van der Waals surface area contributed by atoms with Crippen LogP contribution < -0.4 is 5.32 Å². The molecule has 1 aromatic carbocycles. The minimum absolute atomic E-state index is 0.0116. The van der Waals surface area contributed by atoms with Crippen molar-refractivity contribution in [2.24, 2.45) is 5.92 Å². The first kappa shape index (κ1) is 19.6. The predicted octanol–water partition coefficient (Wildman–Crippen LogP) is 3.67. The van der Waals surface area contributed by atoms with Gasteiger partial charge in [0.05, 0.1) is 29.1 Å². The number of alkyl halides is 3. The fraction of sp³-hybridized carbons (Fsp3) is 0.412. The SMILES string of the molecule is CC(Cn1nc(C(F)(F)F)cc1C1CC1)C(=O)Nc1ccc([N+](=O)[O-])cc1O. The first-order valence-electron chi connectivity index (χ1n) is 8.49. The summed E-state index contributed by atoms with van der Waals surface area (Å²) in [6, 6.07) is 4.22. The van der Waals surface area contributed by atoms with Gasteiger partial charge in [-0.1, -0.05) is 6.92 Å². The Balaban J connectivity index is 1.73. The fourth-order valence-electron chi connectivity index (χ4n) is 2.76. The van der Waals surface area contributed by atoms with E-state index in [0.717, 1.165) is 31.0 Å². The Labute approximate surface area is 157 Å². The number of carbonyl (C=O) groups excluding carboxylic acids is 1. The summed E-state index contributed by atoms with van der Waals surface area (Å²) in [7, 11) is 0. The van der Waals surface area contributed by atoms with Crippen LogP contribution in [0.4, 0.5) is 24.5 Å². The summed E-state index contributed by atoms with van der Waals surface area (Å²) >= 11 is 0. The molecular weight excluding hydrogens is 381 g/mol. The topological polar surface area (TPSA) is 110 Å². The molecule has 0 saturated heterocycles. The van der Waals surface area contributed by atoms with Crippen LogP contribution in [0, 0.1) is 16.0 Å². The summed E-state index contributed by atoms with van der Waals surface area (Å²) in [6.07, 6.45) is -3.01. The lowest BCUT2D eigenvalue weighted by molar-refractivity contribution is -0.384. The molecular formula is C17H17F3N4O4. The molecule has 0 bridgehead atoms. The molecule has 3 rings (SSSR count). The van der Waals surface area contributed by atoms with E-state index in [0.29, 0.717) is 5.69 Å². The van der Waals surface area contributed by atoms with Crippen molar-refractivity contribution < 1.29 is 28.0 Å². The number of anilines is 1. The standard InChI is InChI=1S/C17H17F3N4O4/c1-9(16(26)21-12-5-4-11(24(27)28)6-14(12)25)8-23-13(10-2-3-10)7-15(22-23)17(18,19)20/h4-7,9-10,25H,2-3,8H2,1H3,(H,21,26). The van der Waals surface area contributed by atoms with E-state index >= 15 is 0 Å². The summed E-state index contributed by atoms with van der Waals surface area (Å²) in [6.45, 7) is 1.45. The van der Waals surface area contributed by atoms with Crippen molar-refractivity contribution in [3.05, 3.63) is 45.8 Å². The highest BCUT2D eigenvalue weighted by atomic mass is 19.4. The number of rotatable bonds is 6. The number of carbonyl (C=O) groups is 1. The Morgan fingerprint density at radius 3 is 2.64 bits per heavy atom. The van der Waals surface area contributed by atoms with Gasteiger partial charge in [-0.2, -0.15) is 18.3 Å². The third-order valence-electron chi connectivity index (χ3n) is 4.44. The minimum atomic E-state index is -4.56. The maximum Gasteiger partial charge on any atom is 0.435 e. The lowest BCUT2D eigenvalue weighted by atomic mass is 10.1. The van der Waals surface area contributed by atoms with E-state index in [1.807, 2.05) is 0 Å². The summed E-state index contributed by atoms with van der Waals surface area (Å²) in [4.78, 5) is 22.4. The van der Waals surface area contributed by atoms with Gasteiger partial charge in [0.15, 0.2) is 5.69 Å². The molecule has 2 N–H and O–H groups in total. The predicted molar refractivity (Wildman–Crippen MR) is 91.8 cm³/mol. The second-order valence-corrected chi connectivity index (χ2v) is 6.76. The number of halogens is 3. The van der Waals surface area contributed by atoms with Crippen LogP contribution >= 0.6 is 0 Å². The van der Waals surface area contributed by atoms with Gasteiger partial charge in [-0.25, -0.2) is 0 Å². The highest BCUT2D eigenvalue weighted by molar-refractivity contribution is 5.93. The summed E-state index contributed by atoms with van der Waals surface area (Å²) in [5, 5.41) is 26.5. The molecule has 1 atom stereocenters. The van der Waals surface area contributed by atoms with E-state index in [1.54, 1.807) is 0 Å². The molecule has 1 fully saturated rings. The summed E-state index contributed by atoms with van der Waals surface area (Å²) in [5.41, 5.74) is -0.907. The number of phenolic OH excluding ortho intramolecular Hbond substituents is 1. The Morgan fingerprint density at radius 1 is 1.43 bits per heavy atom. The quantitative estimate of drug-likeness (QED) is 0.438. The van der Waals surface area contributed by atoms with Crippen molar-refractivity contribution in [1.82, 2.24) is 9.78 Å². The molecule has 150 valence electrons. The molecule has 28 heavy (non-hydrogen) atoms. The average Bonchev–Trinajstić information content (AvgIpc) is 3.35. The van der Waals surface area contributed by atoms with Crippen LogP contribution in [0.3, 0.4) is 0 Å². The van der Waals surface area contributed by atoms with Gasteiger partial charge in [0, 0.05) is 17.7 Å². The van der Waals surface area contributed by atoms with Crippen molar-refractivity contribution in [3.63, 3.8) is 0 Å². The summed E-state index contributed by atoms with van der Waals surface area (Å²) < 4.78 is 40.1. The lowest BCUT2D eigenvalue weighted by Gasteiger charge is -2.15. The number of nitro groups is 1. The number of nitro benzene ring substituents is 1. The molecule has 1 amide bonds. The number of non-ortho nitro benzene ring substituents is 1. The van der Waals surface area contributed by atoms with E-state index in [-0.39, 0.29) is 23.8 Å². The van der Waals surface area contributed by atoms with Crippen molar-refractivity contribution in [2.75, 3.05) is 5.32 Å². The molecule has 1 unspecified atom stereocenters. The third-order valence-corrected chi connectivity index (χ3v) is 4.44. The molecule has 0 aliphatic heterocycles. The zero-order chi connectivity index (χ0) is 20.6. The number of hydrogen-bond donors (Lipinski definition) is 2. The first-order chi connectivity index (χ1) is 13.1. The molecule has 8 nitrogen and oxygen atoms in total. The van der Waals surface area contributed by atoms with Crippen LogP contribution in [0.25, 0.3) is 0 Å². The Hall–Kier alpha value is -3.11. The van der Waals surface area contributed by atoms with Gasteiger partial charge in [0.2, 0.25) is 5.91 Å². The Bertz CT molecular complexity index is 922. The number of phenols is 1. The minimum Gasteiger partial charge on any atom is -0.506 e. The Kier molecular flexibility index (Phi) is 5.01.